The van der Waals surface area contributed by atoms with E-state index in [2.05, 4.69) is 37.1 Å². The lowest BCUT2D eigenvalue weighted by molar-refractivity contribution is 0.569. The molecule has 2 heteroatoms. The summed E-state index contributed by atoms with van der Waals surface area (Å²) in [4.78, 5) is 4.31. The van der Waals surface area contributed by atoms with Crippen LogP contribution in [0.2, 0.25) is 0 Å². The lowest BCUT2D eigenvalue weighted by Crippen LogP contribution is -2.21. The average Bonchev–Trinajstić information content (AvgIpc) is 2.28. The average molecular weight is 218 g/mol. The van der Waals surface area contributed by atoms with Crippen molar-refractivity contribution in [1.82, 2.24) is 10.3 Å². The predicted octanol–water partition coefficient (Wildman–Crippen LogP) is 3.12. The molecule has 88 valence electrons. The molecule has 0 aliphatic rings. The second-order valence-electron chi connectivity index (χ2n) is 4.44. The molecule has 1 aromatic heterocycles. The highest BCUT2D eigenvalue weighted by Crippen LogP contribution is 2.06. The van der Waals surface area contributed by atoms with Gasteiger partial charge >= 0.3 is 0 Å². The van der Waals surface area contributed by atoms with Gasteiger partial charge in [-0.2, -0.15) is 0 Å². The first kappa shape index (κ1) is 12.9. The lowest BCUT2D eigenvalue weighted by atomic mass is 10.1. The van der Waals surface area contributed by atoms with Crippen molar-refractivity contribution in [3.63, 3.8) is 0 Å². The zero-order chi connectivity index (χ0) is 11.8. The van der Waals surface area contributed by atoms with Crippen LogP contribution in [0.15, 0.2) is 30.0 Å². The fourth-order valence-corrected chi connectivity index (χ4v) is 1.47. The summed E-state index contributed by atoms with van der Waals surface area (Å²) >= 11 is 0. The second-order valence-corrected chi connectivity index (χ2v) is 4.44. The normalized spacial score (nSPS) is 12.1. The third kappa shape index (κ3) is 5.08. The highest BCUT2D eigenvalue weighted by Gasteiger charge is 1.97. The largest absolute Gasteiger partial charge is 0.313 e. The van der Waals surface area contributed by atoms with Gasteiger partial charge in [-0.1, -0.05) is 32.4 Å². The van der Waals surface area contributed by atoms with Crippen LogP contribution in [-0.4, -0.2) is 18.1 Å². The van der Waals surface area contributed by atoms with Crippen LogP contribution in [-0.2, 0) is 0 Å². The molecule has 0 saturated heterocycles. The summed E-state index contributed by atoms with van der Waals surface area (Å²) in [6, 6.07) is 6.01. The Hall–Kier alpha value is -1.15. The SMILES string of the molecule is CCC(=Cc1ccccn1)CNCC(C)C. The zero-order valence-electron chi connectivity index (χ0n) is 10.5. The van der Waals surface area contributed by atoms with E-state index in [-0.39, 0.29) is 0 Å². The summed E-state index contributed by atoms with van der Waals surface area (Å²) in [5.74, 6) is 0.702. The summed E-state index contributed by atoms with van der Waals surface area (Å²) in [7, 11) is 0. The van der Waals surface area contributed by atoms with Crippen LogP contribution < -0.4 is 5.32 Å². The topological polar surface area (TPSA) is 24.9 Å². The van der Waals surface area contributed by atoms with E-state index < -0.39 is 0 Å². The molecule has 0 aliphatic carbocycles. The van der Waals surface area contributed by atoms with Crippen LogP contribution >= 0.6 is 0 Å². The highest BCUT2D eigenvalue weighted by atomic mass is 14.9. The van der Waals surface area contributed by atoms with E-state index in [9.17, 15) is 0 Å². The standard InChI is InChI=1S/C14H22N2/c1-4-13(11-15-10-12(2)3)9-14-7-5-6-8-16-14/h5-9,12,15H,4,10-11H2,1-3H3. The Morgan fingerprint density at radius 3 is 2.81 bits per heavy atom. The van der Waals surface area contributed by atoms with Gasteiger partial charge in [-0.05, 0) is 37.1 Å². The maximum atomic E-state index is 4.31. The molecule has 16 heavy (non-hydrogen) atoms. The fourth-order valence-electron chi connectivity index (χ4n) is 1.47. The molecule has 0 unspecified atom stereocenters. The van der Waals surface area contributed by atoms with E-state index >= 15 is 0 Å². The van der Waals surface area contributed by atoms with Crippen molar-refractivity contribution in [2.24, 2.45) is 5.92 Å². The third-order valence-electron chi connectivity index (χ3n) is 2.40. The number of aromatic nitrogens is 1. The first-order valence-electron chi connectivity index (χ1n) is 6.03. The molecule has 0 spiro atoms. The van der Waals surface area contributed by atoms with Gasteiger partial charge in [0.2, 0.25) is 0 Å². The van der Waals surface area contributed by atoms with Crippen molar-refractivity contribution in [2.45, 2.75) is 27.2 Å². The van der Waals surface area contributed by atoms with Gasteiger partial charge in [-0.3, -0.25) is 4.98 Å². The fraction of sp³-hybridized carbons (Fsp3) is 0.500. The maximum absolute atomic E-state index is 4.31. The molecule has 0 aliphatic heterocycles. The van der Waals surface area contributed by atoms with Gasteiger partial charge in [0.25, 0.3) is 0 Å². The van der Waals surface area contributed by atoms with Crippen LogP contribution in [0.25, 0.3) is 6.08 Å². The predicted molar refractivity (Wildman–Crippen MR) is 70.2 cm³/mol. The van der Waals surface area contributed by atoms with Crippen LogP contribution in [0, 0.1) is 5.92 Å². The summed E-state index contributed by atoms with van der Waals surface area (Å²) in [6.45, 7) is 8.67. The van der Waals surface area contributed by atoms with Gasteiger partial charge in [-0.15, -0.1) is 0 Å². The molecule has 1 N–H and O–H groups in total. The Labute approximate surface area is 98.8 Å². The Balaban J connectivity index is 2.50. The summed E-state index contributed by atoms with van der Waals surface area (Å²) in [6.07, 6.45) is 5.08. The molecule has 1 aromatic rings. The number of hydrogen-bond donors (Lipinski definition) is 1. The van der Waals surface area contributed by atoms with Gasteiger partial charge < -0.3 is 5.32 Å². The van der Waals surface area contributed by atoms with Crippen LogP contribution in [0.3, 0.4) is 0 Å². The van der Waals surface area contributed by atoms with Crippen molar-refractivity contribution in [2.75, 3.05) is 13.1 Å². The Kier molecular flexibility index (Phi) is 5.79. The monoisotopic (exact) mass is 218 g/mol. The molecule has 0 amide bonds. The minimum Gasteiger partial charge on any atom is -0.313 e. The second kappa shape index (κ2) is 7.18. The molecule has 0 radical (unpaired) electrons. The quantitative estimate of drug-likeness (QED) is 0.793. The van der Waals surface area contributed by atoms with Crippen molar-refractivity contribution in [3.8, 4) is 0 Å². The van der Waals surface area contributed by atoms with E-state index in [0.29, 0.717) is 5.92 Å². The molecule has 0 fully saturated rings. The van der Waals surface area contributed by atoms with Crippen molar-refractivity contribution in [1.29, 1.82) is 0 Å². The van der Waals surface area contributed by atoms with E-state index in [0.717, 1.165) is 25.2 Å². The molecule has 1 heterocycles. The molecule has 0 atom stereocenters. The molecule has 2 nitrogen and oxygen atoms in total. The Bertz CT molecular complexity index is 315. The minimum absolute atomic E-state index is 0.702. The minimum atomic E-state index is 0.702. The molecular weight excluding hydrogens is 196 g/mol. The number of nitrogens with one attached hydrogen (secondary N) is 1. The summed E-state index contributed by atoms with van der Waals surface area (Å²) in [5.41, 5.74) is 2.45. The molecule has 0 aromatic carbocycles. The van der Waals surface area contributed by atoms with E-state index in [1.54, 1.807) is 0 Å². The van der Waals surface area contributed by atoms with Gasteiger partial charge in [0, 0.05) is 12.7 Å². The van der Waals surface area contributed by atoms with Crippen molar-refractivity contribution in [3.05, 3.63) is 35.7 Å². The van der Waals surface area contributed by atoms with Gasteiger partial charge in [0.15, 0.2) is 0 Å². The number of rotatable bonds is 6. The number of nitrogens with zero attached hydrogens (tertiary/aromatic N) is 1. The highest BCUT2D eigenvalue weighted by molar-refractivity contribution is 5.48. The van der Waals surface area contributed by atoms with Crippen molar-refractivity contribution < 1.29 is 0 Å². The maximum Gasteiger partial charge on any atom is 0.0629 e. The van der Waals surface area contributed by atoms with Crippen LogP contribution in [0.4, 0.5) is 0 Å². The number of hydrogen-bond acceptors (Lipinski definition) is 2. The molecular formula is C14H22N2. The number of pyridine rings is 1. The molecule has 0 saturated carbocycles. The Morgan fingerprint density at radius 2 is 2.25 bits per heavy atom. The first-order valence-corrected chi connectivity index (χ1v) is 6.03. The van der Waals surface area contributed by atoms with Crippen LogP contribution in [0.1, 0.15) is 32.9 Å². The van der Waals surface area contributed by atoms with Crippen LogP contribution in [0.5, 0.6) is 0 Å². The zero-order valence-corrected chi connectivity index (χ0v) is 10.5. The third-order valence-corrected chi connectivity index (χ3v) is 2.40. The van der Waals surface area contributed by atoms with E-state index in [1.807, 2.05) is 24.4 Å². The summed E-state index contributed by atoms with van der Waals surface area (Å²) in [5, 5.41) is 3.46. The smallest absolute Gasteiger partial charge is 0.0629 e. The van der Waals surface area contributed by atoms with E-state index in [1.165, 1.54) is 5.57 Å². The Morgan fingerprint density at radius 1 is 1.44 bits per heavy atom. The molecule has 1 rings (SSSR count). The van der Waals surface area contributed by atoms with Gasteiger partial charge in [0.1, 0.15) is 0 Å². The van der Waals surface area contributed by atoms with Gasteiger partial charge in [-0.25, -0.2) is 0 Å². The first-order chi connectivity index (χ1) is 7.72. The lowest BCUT2D eigenvalue weighted by Gasteiger charge is -2.09. The summed E-state index contributed by atoms with van der Waals surface area (Å²) < 4.78 is 0. The van der Waals surface area contributed by atoms with E-state index in [4.69, 9.17) is 0 Å². The molecule has 0 bridgehead atoms. The van der Waals surface area contributed by atoms with Crippen molar-refractivity contribution >= 4 is 6.08 Å². The van der Waals surface area contributed by atoms with Gasteiger partial charge in [0.05, 0.1) is 5.69 Å².